The SMILES string of the molecule is Cl.O=C1c2cccc(O)c2C(=O)N1CCCCN1CCN(c2nsc3ccccc23)CC1. The maximum atomic E-state index is 12.5. The highest BCUT2D eigenvalue weighted by Crippen LogP contribution is 2.31. The molecule has 9 heteroatoms. The molecule has 3 aromatic rings. The molecule has 5 rings (SSSR count). The van der Waals surface area contributed by atoms with E-state index in [4.69, 9.17) is 0 Å². The molecule has 3 heterocycles. The van der Waals surface area contributed by atoms with Crippen LogP contribution in [0.5, 0.6) is 5.75 Å². The van der Waals surface area contributed by atoms with Crippen LogP contribution in [-0.2, 0) is 0 Å². The number of phenolic OH excluding ortho intramolecular Hbond substituents is 1. The number of aromatic hydroxyl groups is 1. The maximum Gasteiger partial charge on any atom is 0.265 e. The van der Waals surface area contributed by atoms with Gasteiger partial charge in [-0.1, -0.05) is 18.2 Å². The van der Waals surface area contributed by atoms with Gasteiger partial charge in [-0.3, -0.25) is 19.4 Å². The van der Waals surface area contributed by atoms with Crippen LogP contribution in [0.4, 0.5) is 5.82 Å². The minimum Gasteiger partial charge on any atom is -0.507 e. The maximum absolute atomic E-state index is 12.5. The molecule has 2 aliphatic heterocycles. The number of hydrogen-bond acceptors (Lipinski definition) is 7. The monoisotopic (exact) mass is 472 g/mol. The van der Waals surface area contributed by atoms with Gasteiger partial charge >= 0.3 is 0 Å². The molecule has 0 spiro atoms. The molecule has 0 aliphatic carbocycles. The lowest BCUT2D eigenvalue weighted by Gasteiger charge is -2.35. The Balaban J connectivity index is 0.00000245. The van der Waals surface area contributed by atoms with Crippen LogP contribution in [0.15, 0.2) is 42.5 Å². The summed E-state index contributed by atoms with van der Waals surface area (Å²) in [4.78, 5) is 31.0. The number of phenols is 1. The Bertz CT molecular complexity index is 1140. The van der Waals surface area contributed by atoms with Gasteiger partial charge in [-0.25, -0.2) is 0 Å². The molecule has 32 heavy (non-hydrogen) atoms. The van der Waals surface area contributed by atoms with Gasteiger partial charge in [0.25, 0.3) is 11.8 Å². The molecule has 0 atom stereocenters. The lowest BCUT2D eigenvalue weighted by molar-refractivity contribution is 0.0649. The smallest absolute Gasteiger partial charge is 0.265 e. The van der Waals surface area contributed by atoms with Crippen LogP contribution in [0.3, 0.4) is 0 Å². The fraction of sp³-hybridized carbons (Fsp3) is 0.348. The number of halogens is 1. The van der Waals surface area contributed by atoms with E-state index in [2.05, 4.69) is 32.4 Å². The average molecular weight is 473 g/mol. The number of imide groups is 1. The van der Waals surface area contributed by atoms with E-state index in [0.29, 0.717) is 12.1 Å². The van der Waals surface area contributed by atoms with Gasteiger partial charge in [-0.15, -0.1) is 12.4 Å². The van der Waals surface area contributed by atoms with Crippen LogP contribution < -0.4 is 4.90 Å². The van der Waals surface area contributed by atoms with E-state index in [1.165, 1.54) is 21.1 Å². The van der Waals surface area contributed by atoms with Crippen molar-refractivity contribution in [2.24, 2.45) is 0 Å². The molecule has 1 N–H and O–H groups in total. The standard InChI is InChI=1S/C23H24N4O3S.ClH/c28-18-8-5-7-17-20(18)23(30)27(22(17)29)11-4-3-10-25-12-14-26(15-13-25)21-16-6-1-2-9-19(16)31-24-21;/h1-2,5-9,28H,3-4,10-15H2;1H. The fourth-order valence-corrected chi connectivity index (χ4v) is 5.20. The predicted molar refractivity (Wildman–Crippen MR) is 128 cm³/mol. The molecular weight excluding hydrogens is 448 g/mol. The number of rotatable bonds is 6. The van der Waals surface area contributed by atoms with Crippen LogP contribution in [-0.4, -0.2) is 70.4 Å². The highest BCUT2D eigenvalue weighted by Gasteiger charge is 2.37. The zero-order valence-electron chi connectivity index (χ0n) is 17.6. The van der Waals surface area contributed by atoms with Crippen molar-refractivity contribution in [1.82, 2.24) is 14.2 Å². The second-order valence-corrected chi connectivity index (χ2v) is 8.80. The molecule has 1 aromatic heterocycles. The highest BCUT2D eigenvalue weighted by molar-refractivity contribution is 7.13. The van der Waals surface area contributed by atoms with E-state index in [9.17, 15) is 14.7 Å². The lowest BCUT2D eigenvalue weighted by atomic mass is 10.1. The van der Waals surface area contributed by atoms with Gasteiger partial charge in [0, 0.05) is 38.1 Å². The summed E-state index contributed by atoms with van der Waals surface area (Å²) in [5, 5.41) is 11.1. The molecule has 0 unspecified atom stereocenters. The third-order valence-corrected chi connectivity index (χ3v) is 6.93. The van der Waals surface area contributed by atoms with Crippen LogP contribution in [0.1, 0.15) is 33.6 Å². The summed E-state index contributed by atoms with van der Waals surface area (Å²) in [5.74, 6) is 0.278. The van der Waals surface area contributed by atoms with E-state index in [-0.39, 0.29) is 35.5 Å². The number of hydrogen-bond donors (Lipinski definition) is 1. The van der Waals surface area contributed by atoms with Crippen molar-refractivity contribution in [3.63, 3.8) is 0 Å². The zero-order valence-corrected chi connectivity index (χ0v) is 19.2. The fourth-order valence-electron chi connectivity index (χ4n) is 4.41. The summed E-state index contributed by atoms with van der Waals surface area (Å²) in [6, 6.07) is 13.0. The van der Waals surface area contributed by atoms with Crippen molar-refractivity contribution in [3.05, 3.63) is 53.6 Å². The number of benzene rings is 2. The third-order valence-electron chi connectivity index (χ3n) is 6.11. The summed E-state index contributed by atoms with van der Waals surface area (Å²) in [7, 11) is 0. The van der Waals surface area contributed by atoms with Crippen molar-refractivity contribution >= 4 is 51.7 Å². The molecule has 168 valence electrons. The summed E-state index contributed by atoms with van der Waals surface area (Å²) in [5.41, 5.74) is 0.439. The van der Waals surface area contributed by atoms with Crippen LogP contribution in [0.25, 0.3) is 10.1 Å². The molecule has 0 radical (unpaired) electrons. The Morgan fingerprint density at radius 2 is 1.66 bits per heavy atom. The minimum absolute atomic E-state index is 0. The van der Waals surface area contributed by atoms with Crippen molar-refractivity contribution in [2.75, 3.05) is 44.2 Å². The summed E-state index contributed by atoms with van der Waals surface area (Å²) < 4.78 is 5.89. The van der Waals surface area contributed by atoms with Crippen molar-refractivity contribution < 1.29 is 14.7 Å². The van der Waals surface area contributed by atoms with Crippen molar-refractivity contribution in [3.8, 4) is 5.75 Å². The summed E-state index contributed by atoms with van der Waals surface area (Å²) >= 11 is 1.55. The quantitative estimate of drug-likeness (QED) is 0.436. The number of unbranched alkanes of at least 4 members (excludes halogenated alkanes) is 1. The van der Waals surface area contributed by atoms with Crippen LogP contribution in [0.2, 0.25) is 0 Å². The third kappa shape index (κ3) is 4.05. The second-order valence-electron chi connectivity index (χ2n) is 8.00. The molecule has 2 aromatic carbocycles. The number of fused-ring (bicyclic) bond motifs is 2. The molecule has 2 aliphatic rings. The second kappa shape index (κ2) is 9.44. The van der Waals surface area contributed by atoms with Crippen LogP contribution in [0, 0.1) is 0 Å². The Kier molecular flexibility index (Phi) is 6.64. The first-order chi connectivity index (χ1) is 15.1. The molecule has 1 saturated heterocycles. The minimum atomic E-state index is -0.387. The topological polar surface area (TPSA) is 77.0 Å². The largest absolute Gasteiger partial charge is 0.507 e. The highest BCUT2D eigenvalue weighted by atomic mass is 35.5. The molecule has 0 saturated carbocycles. The number of carbonyl (C=O) groups excluding carboxylic acids is 2. The van der Waals surface area contributed by atoms with Gasteiger partial charge in [-0.05, 0) is 55.2 Å². The molecule has 1 fully saturated rings. The normalized spacial score (nSPS) is 16.5. The number of amides is 2. The number of anilines is 1. The van der Waals surface area contributed by atoms with E-state index < -0.39 is 0 Å². The van der Waals surface area contributed by atoms with E-state index in [0.717, 1.165) is 51.4 Å². The number of aromatic nitrogens is 1. The number of piperazine rings is 1. The molecule has 2 amide bonds. The van der Waals surface area contributed by atoms with Gasteiger partial charge in [0.1, 0.15) is 11.6 Å². The van der Waals surface area contributed by atoms with Gasteiger partial charge in [0.2, 0.25) is 0 Å². The number of carbonyl (C=O) groups is 2. The first kappa shape index (κ1) is 22.5. The molecular formula is C23H25ClN4O3S. The first-order valence-electron chi connectivity index (χ1n) is 10.6. The lowest BCUT2D eigenvalue weighted by Crippen LogP contribution is -2.46. The van der Waals surface area contributed by atoms with Crippen molar-refractivity contribution in [1.29, 1.82) is 0 Å². The molecule has 7 nitrogen and oxygen atoms in total. The average Bonchev–Trinajstić information content (AvgIpc) is 3.32. The Morgan fingerprint density at radius 3 is 2.44 bits per heavy atom. The Morgan fingerprint density at radius 1 is 0.906 bits per heavy atom. The van der Waals surface area contributed by atoms with E-state index in [1.807, 2.05) is 6.07 Å². The van der Waals surface area contributed by atoms with Crippen molar-refractivity contribution in [2.45, 2.75) is 12.8 Å². The van der Waals surface area contributed by atoms with Gasteiger partial charge in [-0.2, -0.15) is 4.37 Å². The van der Waals surface area contributed by atoms with Gasteiger partial charge < -0.3 is 10.0 Å². The van der Waals surface area contributed by atoms with Gasteiger partial charge in [0.05, 0.1) is 15.8 Å². The predicted octanol–water partition coefficient (Wildman–Crippen LogP) is 3.62. The zero-order chi connectivity index (χ0) is 21.4. The van der Waals surface area contributed by atoms with Crippen LogP contribution >= 0.6 is 23.9 Å². The first-order valence-corrected chi connectivity index (χ1v) is 11.4. The van der Waals surface area contributed by atoms with E-state index >= 15 is 0 Å². The summed E-state index contributed by atoms with van der Waals surface area (Å²) in [6.45, 7) is 5.19. The Hall–Kier alpha value is -2.68. The van der Waals surface area contributed by atoms with Gasteiger partial charge in [0.15, 0.2) is 0 Å². The Labute approximate surface area is 196 Å². The summed E-state index contributed by atoms with van der Waals surface area (Å²) in [6.07, 6.45) is 1.67. The number of nitrogens with zero attached hydrogens (tertiary/aromatic N) is 4. The van der Waals surface area contributed by atoms with E-state index in [1.54, 1.807) is 23.7 Å². The molecule has 0 bridgehead atoms.